The predicted octanol–water partition coefficient (Wildman–Crippen LogP) is 2.44. The summed E-state index contributed by atoms with van der Waals surface area (Å²) in [6, 6.07) is 5.97. The van der Waals surface area contributed by atoms with Gasteiger partial charge in [0.15, 0.2) is 0 Å². The second-order valence-corrected chi connectivity index (χ2v) is 3.71. The van der Waals surface area contributed by atoms with Gasteiger partial charge in [0.25, 0.3) is 0 Å². The van der Waals surface area contributed by atoms with Gasteiger partial charge in [-0.3, -0.25) is 0 Å². The van der Waals surface area contributed by atoms with Gasteiger partial charge in [0, 0.05) is 5.39 Å². The van der Waals surface area contributed by atoms with E-state index in [1.165, 1.54) is 0 Å². The molecule has 15 heavy (non-hydrogen) atoms. The Hall–Kier alpha value is -1.77. The lowest BCUT2D eigenvalue weighted by molar-refractivity contribution is 0.415. The highest BCUT2D eigenvalue weighted by molar-refractivity contribution is 5.85. The van der Waals surface area contributed by atoms with E-state index >= 15 is 0 Å². The highest BCUT2D eigenvalue weighted by Gasteiger charge is 2.05. The zero-order valence-electron chi connectivity index (χ0n) is 9.16. The van der Waals surface area contributed by atoms with Crippen LogP contribution in [0.25, 0.3) is 10.9 Å². The molecule has 2 N–H and O–H groups in total. The maximum absolute atomic E-state index is 5.78. The molecule has 1 aromatic heterocycles. The summed E-state index contributed by atoms with van der Waals surface area (Å²) in [5.74, 6) is 1.45. The van der Waals surface area contributed by atoms with Gasteiger partial charge in [0.1, 0.15) is 11.6 Å². The van der Waals surface area contributed by atoms with Crippen LogP contribution in [0.5, 0.6) is 5.75 Å². The number of methoxy groups -OCH3 is 1. The van der Waals surface area contributed by atoms with Gasteiger partial charge in [-0.25, -0.2) is 4.98 Å². The van der Waals surface area contributed by atoms with E-state index in [0.717, 1.165) is 27.8 Å². The average molecular weight is 202 g/mol. The largest absolute Gasteiger partial charge is 0.497 e. The van der Waals surface area contributed by atoms with Gasteiger partial charge in [-0.05, 0) is 43.2 Å². The molecule has 0 aliphatic heterocycles. The van der Waals surface area contributed by atoms with Crippen molar-refractivity contribution in [1.29, 1.82) is 0 Å². The van der Waals surface area contributed by atoms with Crippen molar-refractivity contribution in [3.63, 3.8) is 0 Å². The van der Waals surface area contributed by atoms with Crippen molar-refractivity contribution in [2.45, 2.75) is 13.8 Å². The Morgan fingerprint density at radius 2 is 1.87 bits per heavy atom. The smallest absolute Gasteiger partial charge is 0.127 e. The third kappa shape index (κ3) is 1.61. The van der Waals surface area contributed by atoms with Crippen LogP contribution in [0.1, 0.15) is 11.1 Å². The second kappa shape index (κ2) is 3.42. The molecular formula is C12H14N2O. The topological polar surface area (TPSA) is 48.1 Å². The molecule has 0 unspecified atom stereocenters. The summed E-state index contributed by atoms with van der Waals surface area (Å²) in [6.07, 6.45) is 0. The van der Waals surface area contributed by atoms with Gasteiger partial charge in [0.2, 0.25) is 0 Å². The number of benzene rings is 1. The fourth-order valence-electron chi connectivity index (χ4n) is 1.67. The Labute approximate surface area is 88.9 Å². The molecule has 0 saturated carbocycles. The number of hydrogen-bond acceptors (Lipinski definition) is 3. The third-order valence-corrected chi connectivity index (χ3v) is 2.55. The summed E-state index contributed by atoms with van der Waals surface area (Å²) < 4.78 is 5.21. The van der Waals surface area contributed by atoms with Crippen molar-refractivity contribution in [1.82, 2.24) is 4.98 Å². The number of nitrogens with two attached hydrogens (primary N) is 1. The van der Waals surface area contributed by atoms with Crippen LogP contribution in [-0.2, 0) is 0 Å². The molecule has 0 radical (unpaired) electrons. The molecule has 3 nitrogen and oxygen atoms in total. The summed E-state index contributed by atoms with van der Waals surface area (Å²) in [5.41, 5.74) is 8.80. The van der Waals surface area contributed by atoms with Crippen LogP contribution in [-0.4, -0.2) is 12.1 Å². The Morgan fingerprint density at radius 3 is 2.53 bits per heavy atom. The number of ether oxygens (including phenoxy) is 1. The Kier molecular flexibility index (Phi) is 2.23. The van der Waals surface area contributed by atoms with Gasteiger partial charge in [-0.1, -0.05) is 0 Å². The Balaban J connectivity index is 2.80. The monoisotopic (exact) mass is 202 g/mol. The summed E-state index contributed by atoms with van der Waals surface area (Å²) in [6.45, 7) is 3.96. The number of aryl methyl sites for hydroxylation is 2. The van der Waals surface area contributed by atoms with E-state index in [1.807, 2.05) is 32.0 Å². The van der Waals surface area contributed by atoms with Crippen LogP contribution in [0.3, 0.4) is 0 Å². The van der Waals surface area contributed by atoms with Crippen molar-refractivity contribution in [2.24, 2.45) is 0 Å². The molecule has 3 heteroatoms. The van der Waals surface area contributed by atoms with E-state index in [0.29, 0.717) is 5.82 Å². The van der Waals surface area contributed by atoms with E-state index in [9.17, 15) is 0 Å². The van der Waals surface area contributed by atoms with Crippen LogP contribution < -0.4 is 10.5 Å². The maximum Gasteiger partial charge on any atom is 0.127 e. The first-order valence-electron chi connectivity index (χ1n) is 4.83. The van der Waals surface area contributed by atoms with Crippen molar-refractivity contribution < 1.29 is 4.74 Å². The number of nitrogen functional groups attached to an aromatic ring is 1. The normalized spacial score (nSPS) is 10.6. The molecule has 2 aromatic rings. The fourth-order valence-corrected chi connectivity index (χ4v) is 1.67. The van der Waals surface area contributed by atoms with Gasteiger partial charge in [-0.15, -0.1) is 0 Å². The zero-order chi connectivity index (χ0) is 11.0. The molecule has 0 fully saturated rings. The lowest BCUT2D eigenvalue weighted by Crippen LogP contribution is -1.96. The SMILES string of the molecule is COc1cc(C)c2nc(N)c(C)cc2c1. The minimum absolute atomic E-state index is 0.593. The molecule has 0 aliphatic carbocycles. The van der Waals surface area contributed by atoms with E-state index < -0.39 is 0 Å². The number of rotatable bonds is 1. The highest BCUT2D eigenvalue weighted by Crippen LogP contribution is 2.25. The van der Waals surface area contributed by atoms with Gasteiger partial charge < -0.3 is 10.5 Å². The van der Waals surface area contributed by atoms with Crippen LogP contribution >= 0.6 is 0 Å². The van der Waals surface area contributed by atoms with Gasteiger partial charge in [0.05, 0.1) is 12.6 Å². The molecule has 0 spiro atoms. The quantitative estimate of drug-likeness (QED) is 0.772. The second-order valence-electron chi connectivity index (χ2n) is 3.71. The van der Waals surface area contributed by atoms with Crippen molar-refractivity contribution in [3.05, 3.63) is 29.3 Å². The van der Waals surface area contributed by atoms with E-state index in [-0.39, 0.29) is 0 Å². The molecule has 78 valence electrons. The minimum Gasteiger partial charge on any atom is -0.497 e. The number of nitrogens with zero attached hydrogens (tertiary/aromatic N) is 1. The first-order chi connectivity index (χ1) is 7.11. The molecule has 2 rings (SSSR count). The molecule has 0 amide bonds. The van der Waals surface area contributed by atoms with E-state index in [1.54, 1.807) is 7.11 Å². The van der Waals surface area contributed by atoms with Crippen LogP contribution in [0.4, 0.5) is 5.82 Å². The molecule has 1 heterocycles. The molecule has 0 saturated heterocycles. The number of hydrogen-bond donors (Lipinski definition) is 1. The van der Waals surface area contributed by atoms with Crippen LogP contribution in [0, 0.1) is 13.8 Å². The summed E-state index contributed by atoms with van der Waals surface area (Å²) in [5, 5.41) is 1.07. The summed E-state index contributed by atoms with van der Waals surface area (Å²) in [4.78, 5) is 4.37. The third-order valence-electron chi connectivity index (χ3n) is 2.55. The number of fused-ring (bicyclic) bond motifs is 1. The number of pyridine rings is 1. The first kappa shape index (κ1) is 9.77. The van der Waals surface area contributed by atoms with Crippen molar-refractivity contribution in [2.75, 3.05) is 12.8 Å². The maximum atomic E-state index is 5.78. The summed E-state index contributed by atoms with van der Waals surface area (Å²) in [7, 11) is 1.66. The van der Waals surface area contributed by atoms with Gasteiger partial charge >= 0.3 is 0 Å². The van der Waals surface area contributed by atoms with E-state index in [4.69, 9.17) is 10.5 Å². The lowest BCUT2D eigenvalue weighted by atomic mass is 10.1. The Morgan fingerprint density at radius 1 is 1.13 bits per heavy atom. The number of aromatic nitrogens is 1. The average Bonchev–Trinajstić information content (AvgIpc) is 2.21. The van der Waals surface area contributed by atoms with Crippen molar-refractivity contribution in [3.8, 4) is 5.75 Å². The highest BCUT2D eigenvalue weighted by atomic mass is 16.5. The zero-order valence-corrected chi connectivity index (χ0v) is 9.16. The molecular weight excluding hydrogens is 188 g/mol. The predicted molar refractivity (Wildman–Crippen MR) is 62.2 cm³/mol. The van der Waals surface area contributed by atoms with Gasteiger partial charge in [-0.2, -0.15) is 0 Å². The Bertz CT molecular complexity index is 521. The van der Waals surface area contributed by atoms with Crippen LogP contribution in [0.15, 0.2) is 18.2 Å². The summed E-state index contributed by atoms with van der Waals surface area (Å²) >= 11 is 0. The standard InChI is InChI=1S/C12H14N2O/c1-7-5-10(15-3)6-9-4-8(2)12(13)14-11(7)9/h4-6H,1-3H3,(H2,13,14). The first-order valence-corrected chi connectivity index (χ1v) is 4.83. The van der Waals surface area contributed by atoms with Crippen LogP contribution in [0.2, 0.25) is 0 Å². The molecule has 0 atom stereocenters. The minimum atomic E-state index is 0.593. The molecule has 0 aliphatic rings. The molecule has 0 bridgehead atoms. The number of anilines is 1. The lowest BCUT2D eigenvalue weighted by Gasteiger charge is -2.08. The van der Waals surface area contributed by atoms with E-state index in [2.05, 4.69) is 4.98 Å². The van der Waals surface area contributed by atoms with Crippen molar-refractivity contribution >= 4 is 16.7 Å². The fraction of sp³-hybridized carbons (Fsp3) is 0.250. The molecule has 1 aromatic carbocycles.